The lowest BCUT2D eigenvalue weighted by Crippen LogP contribution is -2.18. The van der Waals surface area contributed by atoms with E-state index < -0.39 is 0 Å². The first-order chi connectivity index (χ1) is 8.13. The highest BCUT2D eigenvalue weighted by molar-refractivity contribution is 6.32. The van der Waals surface area contributed by atoms with E-state index >= 15 is 0 Å². The van der Waals surface area contributed by atoms with Crippen LogP contribution in [0.5, 0.6) is 5.75 Å². The highest BCUT2D eigenvalue weighted by Crippen LogP contribution is 2.32. The maximum atomic E-state index is 6.16. The molecule has 0 spiro atoms. The predicted octanol–water partition coefficient (Wildman–Crippen LogP) is 2.66. The van der Waals surface area contributed by atoms with E-state index in [0.717, 1.165) is 18.6 Å². The number of nitrogens with one attached hydrogen (secondary N) is 1. The van der Waals surface area contributed by atoms with Crippen molar-refractivity contribution < 1.29 is 4.74 Å². The van der Waals surface area contributed by atoms with E-state index in [1.54, 1.807) is 7.11 Å². The molecule has 3 nitrogen and oxygen atoms in total. The molecule has 0 amide bonds. The van der Waals surface area contributed by atoms with Crippen LogP contribution in [0.25, 0.3) is 0 Å². The highest BCUT2D eigenvalue weighted by Gasteiger charge is 2.14. The van der Waals surface area contributed by atoms with E-state index in [0.29, 0.717) is 17.6 Å². The van der Waals surface area contributed by atoms with Gasteiger partial charge in [0.1, 0.15) is 5.75 Å². The fourth-order valence-corrected chi connectivity index (χ4v) is 2.23. The van der Waals surface area contributed by atoms with E-state index in [4.69, 9.17) is 22.1 Å². The van der Waals surface area contributed by atoms with Crippen LogP contribution in [0.15, 0.2) is 12.1 Å². The number of hydrogen-bond acceptors (Lipinski definition) is 3. The number of benzene rings is 1. The molecular weight excluding hydrogens is 236 g/mol. The van der Waals surface area contributed by atoms with Gasteiger partial charge < -0.3 is 15.8 Å². The van der Waals surface area contributed by atoms with Gasteiger partial charge >= 0.3 is 0 Å². The number of ether oxygens (including phenoxy) is 1. The quantitative estimate of drug-likeness (QED) is 0.823. The zero-order valence-electron chi connectivity index (χ0n) is 10.7. The maximum Gasteiger partial charge on any atom is 0.137 e. The van der Waals surface area contributed by atoms with E-state index in [2.05, 4.69) is 12.2 Å². The van der Waals surface area contributed by atoms with Gasteiger partial charge in [-0.25, -0.2) is 0 Å². The molecule has 0 aromatic heterocycles. The lowest BCUT2D eigenvalue weighted by atomic mass is 9.97. The zero-order chi connectivity index (χ0) is 12.8. The summed E-state index contributed by atoms with van der Waals surface area (Å²) >= 11 is 6.16. The molecule has 1 rings (SSSR count). The Hall–Kier alpha value is -0.770. The first-order valence-corrected chi connectivity index (χ1v) is 6.23. The molecule has 1 aromatic carbocycles. The van der Waals surface area contributed by atoms with Crippen molar-refractivity contribution in [3.63, 3.8) is 0 Å². The van der Waals surface area contributed by atoms with Crippen molar-refractivity contribution in [2.45, 2.75) is 25.8 Å². The molecule has 0 radical (unpaired) electrons. The Balaban J connectivity index is 2.99. The minimum absolute atomic E-state index is 0.293. The van der Waals surface area contributed by atoms with Crippen LogP contribution in [0.1, 0.15) is 30.0 Å². The molecule has 17 heavy (non-hydrogen) atoms. The molecule has 0 saturated heterocycles. The normalized spacial score (nSPS) is 12.5. The molecular formula is C13H21ClN2O. The standard InChI is InChI=1S/C13H21ClN2O/c1-9-7-13(17-3)11(14)8-10(9)12(16-2)5-4-6-15/h7-8,12,16H,4-6,15H2,1-3H3. The fraction of sp³-hybridized carbons (Fsp3) is 0.538. The van der Waals surface area contributed by atoms with Crippen LogP contribution < -0.4 is 15.8 Å². The molecule has 3 N–H and O–H groups in total. The van der Waals surface area contributed by atoms with Gasteiger partial charge in [0.15, 0.2) is 0 Å². The molecule has 0 heterocycles. The minimum Gasteiger partial charge on any atom is -0.495 e. The summed E-state index contributed by atoms with van der Waals surface area (Å²) in [6.07, 6.45) is 2.01. The third-order valence-electron chi connectivity index (χ3n) is 2.96. The molecule has 1 unspecified atom stereocenters. The van der Waals surface area contributed by atoms with Gasteiger partial charge in [0, 0.05) is 6.04 Å². The SMILES string of the molecule is CNC(CCCN)c1cc(Cl)c(OC)cc1C. The first kappa shape index (κ1) is 14.3. The highest BCUT2D eigenvalue weighted by atomic mass is 35.5. The average molecular weight is 257 g/mol. The minimum atomic E-state index is 0.293. The molecule has 0 fully saturated rings. The summed E-state index contributed by atoms with van der Waals surface area (Å²) in [4.78, 5) is 0. The largest absolute Gasteiger partial charge is 0.495 e. The van der Waals surface area contributed by atoms with Gasteiger partial charge in [-0.05, 0) is 56.6 Å². The second-order valence-corrected chi connectivity index (χ2v) is 4.52. The van der Waals surface area contributed by atoms with Gasteiger partial charge in [-0.1, -0.05) is 11.6 Å². The van der Waals surface area contributed by atoms with Crippen LogP contribution >= 0.6 is 11.6 Å². The Morgan fingerprint density at radius 2 is 2.18 bits per heavy atom. The summed E-state index contributed by atoms with van der Waals surface area (Å²) in [7, 11) is 3.59. The molecule has 0 aliphatic carbocycles. The van der Waals surface area contributed by atoms with Crippen LogP contribution in [0, 0.1) is 6.92 Å². The Labute approximate surface area is 108 Å². The van der Waals surface area contributed by atoms with Gasteiger partial charge in [-0.15, -0.1) is 0 Å². The second-order valence-electron chi connectivity index (χ2n) is 4.12. The van der Waals surface area contributed by atoms with Crippen molar-refractivity contribution in [3.8, 4) is 5.75 Å². The van der Waals surface area contributed by atoms with Gasteiger partial charge in [0.2, 0.25) is 0 Å². The molecule has 1 aromatic rings. The summed E-state index contributed by atoms with van der Waals surface area (Å²) in [5.41, 5.74) is 7.95. The van der Waals surface area contributed by atoms with Crippen molar-refractivity contribution in [1.82, 2.24) is 5.32 Å². The van der Waals surface area contributed by atoms with Crippen molar-refractivity contribution in [2.24, 2.45) is 5.73 Å². The number of rotatable bonds is 6. The predicted molar refractivity (Wildman–Crippen MR) is 72.8 cm³/mol. The van der Waals surface area contributed by atoms with Crippen molar-refractivity contribution in [2.75, 3.05) is 20.7 Å². The van der Waals surface area contributed by atoms with Crippen LogP contribution in [0.3, 0.4) is 0 Å². The fourth-order valence-electron chi connectivity index (χ4n) is 1.98. The second kappa shape index (κ2) is 6.84. The summed E-state index contributed by atoms with van der Waals surface area (Å²) in [5.74, 6) is 0.724. The number of hydrogen-bond donors (Lipinski definition) is 2. The van der Waals surface area contributed by atoms with Gasteiger partial charge in [-0.2, -0.15) is 0 Å². The first-order valence-electron chi connectivity index (χ1n) is 5.85. The Morgan fingerprint density at radius 3 is 2.71 bits per heavy atom. The average Bonchev–Trinajstić information content (AvgIpc) is 2.33. The number of methoxy groups -OCH3 is 1. The molecule has 1 atom stereocenters. The van der Waals surface area contributed by atoms with E-state index in [9.17, 15) is 0 Å². The van der Waals surface area contributed by atoms with Gasteiger partial charge in [0.05, 0.1) is 12.1 Å². The Kier molecular flexibility index (Phi) is 5.75. The topological polar surface area (TPSA) is 47.3 Å². The number of nitrogens with two attached hydrogens (primary N) is 1. The lowest BCUT2D eigenvalue weighted by Gasteiger charge is -2.20. The molecule has 0 aliphatic heterocycles. The molecule has 0 bridgehead atoms. The molecule has 96 valence electrons. The van der Waals surface area contributed by atoms with Crippen LogP contribution in [-0.4, -0.2) is 20.7 Å². The third kappa shape index (κ3) is 3.60. The number of halogens is 1. The van der Waals surface area contributed by atoms with E-state index in [1.807, 2.05) is 19.2 Å². The van der Waals surface area contributed by atoms with E-state index in [-0.39, 0.29) is 0 Å². The van der Waals surface area contributed by atoms with Crippen LogP contribution in [-0.2, 0) is 0 Å². The number of aryl methyl sites for hydroxylation is 1. The summed E-state index contributed by atoms with van der Waals surface area (Å²) < 4.78 is 5.20. The Bertz CT molecular complexity index is 369. The van der Waals surface area contributed by atoms with Crippen LogP contribution in [0.4, 0.5) is 0 Å². The lowest BCUT2D eigenvalue weighted by molar-refractivity contribution is 0.414. The monoisotopic (exact) mass is 256 g/mol. The Morgan fingerprint density at radius 1 is 1.47 bits per heavy atom. The molecule has 0 saturated carbocycles. The smallest absolute Gasteiger partial charge is 0.137 e. The third-order valence-corrected chi connectivity index (χ3v) is 3.26. The van der Waals surface area contributed by atoms with Gasteiger partial charge in [0.25, 0.3) is 0 Å². The molecule has 4 heteroatoms. The summed E-state index contributed by atoms with van der Waals surface area (Å²) in [6, 6.07) is 4.25. The summed E-state index contributed by atoms with van der Waals surface area (Å²) in [5, 5.41) is 3.96. The van der Waals surface area contributed by atoms with Gasteiger partial charge in [-0.3, -0.25) is 0 Å². The van der Waals surface area contributed by atoms with Crippen molar-refractivity contribution in [1.29, 1.82) is 0 Å². The summed E-state index contributed by atoms with van der Waals surface area (Å²) in [6.45, 7) is 2.78. The zero-order valence-corrected chi connectivity index (χ0v) is 11.5. The maximum absolute atomic E-state index is 6.16. The van der Waals surface area contributed by atoms with Crippen molar-refractivity contribution >= 4 is 11.6 Å². The van der Waals surface area contributed by atoms with E-state index in [1.165, 1.54) is 11.1 Å². The molecule has 0 aliphatic rings. The van der Waals surface area contributed by atoms with Crippen LogP contribution in [0.2, 0.25) is 5.02 Å². The van der Waals surface area contributed by atoms with Crippen molar-refractivity contribution in [3.05, 3.63) is 28.3 Å².